The van der Waals surface area contributed by atoms with Crippen LogP contribution in [-0.4, -0.2) is 35.9 Å². The summed E-state index contributed by atoms with van der Waals surface area (Å²) in [5.74, 6) is 0.602. The number of rotatable bonds is 3. The summed E-state index contributed by atoms with van der Waals surface area (Å²) in [6.45, 7) is 1.67. The SMILES string of the molecule is COc1cc(CC2(O)CCCNC2)ccn1. The van der Waals surface area contributed by atoms with Gasteiger partial charge in [-0.15, -0.1) is 0 Å². The molecule has 1 aliphatic heterocycles. The second-order valence-corrected chi connectivity index (χ2v) is 4.39. The van der Waals surface area contributed by atoms with Gasteiger partial charge in [0.2, 0.25) is 5.88 Å². The first-order chi connectivity index (χ1) is 7.72. The Balaban J connectivity index is 2.07. The molecule has 2 rings (SSSR count). The Kier molecular flexibility index (Phi) is 3.41. The molecule has 0 bridgehead atoms. The zero-order valence-electron chi connectivity index (χ0n) is 9.57. The molecule has 0 aliphatic carbocycles. The molecule has 0 saturated carbocycles. The van der Waals surface area contributed by atoms with Crippen molar-refractivity contribution in [3.8, 4) is 5.88 Å². The Bertz CT molecular complexity index is 349. The Hall–Kier alpha value is -1.13. The molecule has 4 nitrogen and oxygen atoms in total. The van der Waals surface area contributed by atoms with Crippen LogP contribution in [0.2, 0.25) is 0 Å². The number of aliphatic hydroxyl groups is 1. The minimum absolute atomic E-state index is 0.602. The molecule has 2 N–H and O–H groups in total. The average Bonchev–Trinajstić information content (AvgIpc) is 2.29. The van der Waals surface area contributed by atoms with Crippen molar-refractivity contribution in [1.82, 2.24) is 10.3 Å². The van der Waals surface area contributed by atoms with E-state index >= 15 is 0 Å². The van der Waals surface area contributed by atoms with E-state index in [1.807, 2.05) is 12.1 Å². The predicted octanol–water partition coefficient (Wildman–Crippen LogP) is 0.747. The first-order valence-electron chi connectivity index (χ1n) is 5.64. The summed E-state index contributed by atoms with van der Waals surface area (Å²) < 4.78 is 5.07. The first kappa shape index (κ1) is 11.4. The van der Waals surface area contributed by atoms with Crippen molar-refractivity contribution in [2.45, 2.75) is 24.9 Å². The van der Waals surface area contributed by atoms with Crippen molar-refractivity contribution >= 4 is 0 Å². The number of nitrogens with one attached hydrogen (secondary N) is 1. The molecule has 1 saturated heterocycles. The maximum Gasteiger partial charge on any atom is 0.213 e. The molecule has 2 heterocycles. The third kappa shape index (κ3) is 2.71. The second kappa shape index (κ2) is 4.80. The molecule has 16 heavy (non-hydrogen) atoms. The summed E-state index contributed by atoms with van der Waals surface area (Å²) in [7, 11) is 1.60. The number of ether oxygens (including phenoxy) is 1. The van der Waals surface area contributed by atoms with Crippen molar-refractivity contribution < 1.29 is 9.84 Å². The van der Waals surface area contributed by atoms with Gasteiger partial charge in [-0.3, -0.25) is 0 Å². The lowest BCUT2D eigenvalue weighted by Crippen LogP contribution is -2.47. The van der Waals surface area contributed by atoms with Crippen molar-refractivity contribution in [3.63, 3.8) is 0 Å². The minimum atomic E-state index is -0.620. The zero-order chi connectivity index (χ0) is 11.4. The van der Waals surface area contributed by atoms with E-state index in [2.05, 4.69) is 10.3 Å². The highest BCUT2D eigenvalue weighted by Gasteiger charge is 2.29. The fraction of sp³-hybridized carbons (Fsp3) is 0.583. The van der Waals surface area contributed by atoms with Gasteiger partial charge < -0.3 is 15.2 Å². The highest BCUT2D eigenvalue weighted by molar-refractivity contribution is 5.22. The number of aromatic nitrogens is 1. The number of methoxy groups -OCH3 is 1. The maximum atomic E-state index is 10.4. The summed E-state index contributed by atoms with van der Waals surface area (Å²) in [5.41, 5.74) is 0.447. The van der Waals surface area contributed by atoms with E-state index in [4.69, 9.17) is 4.74 Å². The topological polar surface area (TPSA) is 54.4 Å². The van der Waals surface area contributed by atoms with Gasteiger partial charge in [0.15, 0.2) is 0 Å². The normalized spacial score (nSPS) is 25.4. The van der Waals surface area contributed by atoms with E-state index in [0.29, 0.717) is 18.8 Å². The van der Waals surface area contributed by atoms with Gasteiger partial charge >= 0.3 is 0 Å². The van der Waals surface area contributed by atoms with Gasteiger partial charge in [-0.25, -0.2) is 4.98 Å². The lowest BCUT2D eigenvalue weighted by Gasteiger charge is -2.32. The molecule has 0 radical (unpaired) electrons. The van der Waals surface area contributed by atoms with Crippen molar-refractivity contribution in [2.75, 3.05) is 20.2 Å². The van der Waals surface area contributed by atoms with E-state index in [-0.39, 0.29) is 0 Å². The van der Waals surface area contributed by atoms with Gasteiger partial charge in [-0.1, -0.05) is 0 Å². The molecule has 1 aromatic heterocycles. The van der Waals surface area contributed by atoms with Crippen LogP contribution in [0.5, 0.6) is 5.88 Å². The van der Waals surface area contributed by atoms with Gasteiger partial charge in [0, 0.05) is 25.2 Å². The number of nitrogens with zero attached hydrogens (tertiary/aromatic N) is 1. The first-order valence-corrected chi connectivity index (χ1v) is 5.64. The standard InChI is InChI=1S/C12H18N2O2/c1-16-11-7-10(3-6-14-11)8-12(15)4-2-5-13-9-12/h3,6-7,13,15H,2,4-5,8-9H2,1H3. The zero-order valence-corrected chi connectivity index (χ0v) is 9.57. The molecular formula is C12H18N2O2. The van der Waals surface area contributed by atoms with E-state index in [1.54, 1.807) is 13.3 Å². The van der Waals surface area contributed by atoms with Crippen LogP contribution in [0.1, 0.15) is 18.4 Å². The molecule has 0 aromatic carbocycles. The van der Waals surface area contributed by atoms with Crippen LogP contribution in [0.15, 0.2) is 18.3 Å². The number of hydrogen-bond donors (Lipinski definition) is 2. The molecule has 1 unspecified atom stereocenters. The molecule has 1 atom stereocenters. The quantitative estimate of drug-likeness (QED) is 0.792. The lowest BCUT2D eigenvalue weighted by atomic mass is 9.88. The van der Waals surface area contributed by atoms with Crippen molar-refractivity contribution in [1.29, 1.82) is 0 Å². The summed E-state index contributed by atoms with van der Waals surface area (Å²) in [6.07, 6.45) is 4.25. The summed E-state index contributed by atoms with van der Waals surface area (Å²) in [6, 6.07) is 3.81. The summed E-state index contributed by atoms with van der Waals surface area (Å²) in [5, 5.41) is 13.6. The lowest BCUT2D eigenvalue weighted by molar-refractivity contribution is 0.0169. The van der Waals surface area contributed by atoms with Gasteiger partial charge in [0.1, 0.15) is 0 Å². The van der Waals surface area contributed by atoms with E-state index in [0.717, 1.165) is 24.9 Å². The second-order valence-electron chi connectivity index (χ2n) is 4.39. The molecular weight excluding hydrogens is 204 g/mol. The fourth-order valence-corrected chi connectivity index (χ4v) is 2.15. The Labute approximate surface area is 95.7 Å². The monoisotopic (exact) mass is 222 g/mol. The number of pyridine rings is 1. The number of piperidine rings is 1. The number of hydrogen-bond acceptors (Lipinski definition) is 4. The van der Waals surface area contributed by atoms with Crippen molar-refractivity contribution in [2.24, 2.45) is 0 Å². The third-order valence-electron chi connectivity index (χ3n) is 2.99. The molecule has 1 fully saturated rings. The van der Waals surface area contributed by atoms with Gasteiger partial charge in [0.25, 0.3) is 0 Å². The van der Waals surface area contributed by atoms with Gasteiger partial charge in [0.05, 0.1) is 12.7 Å². The van der Waals surface area contributed by atoms with Crippen LogP contribution in [0.25, 0.3) is 0 Å². The highest BCUT2D eigenvalue weighted by atomic mass is 16.5. The molecule has 4 heteroatoms. The van der Waals surface area contributed by atoms with Crippen LogP contribution in [0.4, 0.5) is 0 Å². The average molecular weight is 222 g/mol. The summed E-state index contributed by atoms with van der Waals surface area (Å²) >= 11 is 0. The van der Waals surface area contributed by atoms with Gasteiger partial charge in [-0.2, -0.15) is 0 Å². The van der Waals surface area contributed by atoms with Crippen LogP contribution < -0.4 is 10.1 Å². The minimum Gasteiger partial charge on any atom is -0.481 e. The molecule has 0 amide bonds. The molecule has 88 valence electrons. The Morgan fingerprint density at radius 2 is 2.50 bits per heavy atom. The molecule has 1 aromatic rings. The van der Waals surface area contributed by atoms with Crippen LogP contribution >= 0.6 is 0 Å². The van der Waals surface area contributed by atoms with Crippen molar-refractivity contribution in [3.05, 3.63) is 23.9 Å². The largest absolute Gasteiger partial charge is 0.481 e. The summed E-state index contributed by atoms with van der Waals surface area (Å²) in [4.78, 5) is 4.05. The predicted molar refractivity (Wildman–Crippen MR) is 61.5 cm³/mol. The van der Waals surface area contributed by atoms with Crippen LogP contribution in [-0.2, 0) is 6.42 Å². The van der Waals surface area contributed by atoms with Crippen LogP contribution in [0.3, 0.4) is 0 Å². The fourth-order valence-electron chi connectivity index (χ4n) is 2.15. The smallest absolute Gasteiger partial charge is 0.213 e. The highest BCUT2D eigenvalue weighted by Crippen LogP contribution is 2.22. The Morgan fingerprint density at radius 1 is 1.62 bits per heavy atom. The van der Waals surface area contributed by atoms with E-state index in [9.17, 15) is 5.11 Å². The van der Waals surface area contributed by atoms with E-state index < -0.39 is 5.60 Å². The Morgan fingerprint density at radius 3 is 3.19 bits per heavy atom. The van der Waals surface area contributed by atoms with E-state index in [1.165, 1.54) is 0 Å². The number of β-amino-alcohol motifs (C(OH)–C–C–N with tert-alkyl or cyclic N) is 1. The van der Waals surface area contributed by atoms with Gasteiger partial charge in [-0.05, 0) is 31.0 Å². The molecule has 1 aliphatic rings. The maximum absolute atomic E-state index is 10.4. The van der Waals surface area contributed by atoms with Crippen LogP contribution in [0, 0.1) is 0 Å². The third-order valence-corrected chi connectivity index (χ3v) is 2.99. The molecule has 0 spiro atoms.